The van der Waals surface area contributed by atoms with Gasteiger partial charge in [-0.3, -0.25) is 4.79 Å². The van der Waals surface area contributed by atoms with Gasteiger partial charge in [0, 0.05) is 6.42 Å². The van der Waals surface area contributed by atoms with E-state index in [0.29, 0.717) is 6.42 Å². The van der Waals surface area contributed by atoms with Gasteiger partial charge in [0.1, 0.15) is 18.3 Å². The number of aliphatic hydroxyl groups is 3. The first-order valence-corrected chi connectivity index (χ1v) is 9.23. The molecule has 0 aromatic carbocycles. The van der Waals surface area contributed by atoms with Crippen LogP contribution in [0.15, 0.2) is 0 Å². The van der Waals surface area contributed by atoms with Crippen molar-refractivity contribution in [2.24, 2.45) is 5.92 Å². The third-order valence-electron chi connectivity index (χ3n) is 4.43. The van der Waals surface area contributed by atoms with E-state index in [1.54, 1.807) is 0 Å². The molecule has 0 unspecified atom stereocenters. The molecule has 0 aliphatic carbocycles. The Labute approximate surface area is 145 Å². The summed E-state index contributed by atoms with van der Waals surface area (Å²) >= 11 is 0. The van der Waals surface area contributed by atoms with Crippen molar-refractivity contribution in [3.63, 3.8) is 0 Å². The van der Waals surface area contributed by atoms with Crippen LogP contribution in [0.25, 0.3) is 0 Å². The standard InChI is InChI=1S/C18H34O6/c1-13(2)9-7-5-3-4-6-8-10-16(21)24-15(11-19)18-17(22)14(20)12-23-18/h13-15,17-20,22H,3-12H2,1-2H3/t14-,15+,17+,18+/m0/s1. The van der Waals surface area contributed by atoms with Crippen molar-refractivity contribution in [1.82, 2.24) is 0 Å². The molecular weight excluding hydrogens is 312 g/mol. The Morgan fingerprint density at radius 1 is 1.12 bits per heavy atom. The van der Waals surface area contributed by atoms with E-state index in [9.17, 15) is 20.1 Å². The quantitative estimate of drug-likeness (QED) is 0.368. The molecule has 0 aromatic rings. The van der Waals surface area contributed by atoms with Crippen molar-refractivity contribution in [1.29, 1.82) is 0 Å². The van der Waals surface area contributed by atoms with E-state index in [4.69, 9.17) is 9.47 Å². The second kappa shape index (κ2) is 11.8. The highest BCUT2D eigenvalue weighted by atomic mass is 16.6. The molecule has 1 aliphatic rings. The Bertz CT molecular complexity index is 346. The number of rotatable bonds is 12. The first-order chi connectivity index (χ1) is 11.5. The molecule has 1 aliphatic heterocycles. The predicted octanol–water partition coefficient (Wildman–Crippen LogP) is 1.79. The lowest BCUT2D eigenvalue weighted by molar-refractivity contribution is -0.162. The summed E-state index contributed by atoms with van der Waals surface area (Å²) in [6.45, 7) is 4.02. The fourth-order valence-corrected chi connectivity index (χ4v) is 2.92. The van der Waals surface area contributed by atoms with Gasteiger partial charge in [0.15, 0.2) is 6.10 Å². The van der Waals surface area contributed by atoms with Gasteiger partial charge in [0.2, 0.25) is 0 Å². The summed E-state index contributed by atoms with van der Waals surface area (Å²) in [5, 5.41) is 28.5. The number of esters is 1. The third-order valence-corrected chi connectivity index (χ3v) is 4.43. The van der Waals surface area contributed by atoms with E-state index in [-0.39, 0.29) is 6.61 Å². The molecule has 6 nitrogen and oxygen atoms in total. The maximum Gasteiger partial charge on any atom is 0.306 e. The molecule has 0 amide bonds. The van der Waals surface area contributed by atoms with E-state index < -0.39 is 37.0 Å². The van der Waals surface area contributed by atoms with Crippen LogP contribution in [0.1, 0.15) is 65.2 Å². The monoisotopic (exact) mass is 346 g/mol. The van der Waals surface area contributed by atoms with E-state index in [1.807, 2.05) is 0 Å². The van der Waals surface area contributed by atoms with Crippen LogP contribution in [0.5, 0.6) is 0 Å². The van der Waals surface area contributed by atoms with Crippen LogP contribution in [-0.4, -0.2) is 58.9 Å². The molecule has 0 bridgehead atoms. The highest BCUT2D eigenvalue weighted by molar-refractivity contribution is 5.69. The molecule has 3 N–H and O–H groups in total. The Balaban J connectivity index is 2.10. The van der Waals surface area contributed by atoms with Crippen molar-refractivity contribution in [3.05, 3.63) is 0 Å². The van der Waals surface area contributed by atoms with Gasteiger partial charge in [-0.15, -0.1) is 0 Å². The van der Waals surface area contributed by atoms with Crippen molar-refractivity contribution < 1.29 is 29.6 Å². The molecular formula is C18H34O6. The summed E-state index contributed by atoms with van der Waals surface area (Å²) in [4.78, 5) is 11.8. The number of carbonyl (C=O) groups is 1. The number of hydrogen-bond donors (Lipinski definition) is 3. The summed E-state index contributed by atoms with van der Waals surface area (Å²) in [5.74, 6) is 0.369. The Kier molecular flexibility index (Phi) is 10.5. The average Bonchev–Trinajstić information content (AvgIpc) is 2.87. The molecule has 1 rings (SSSR count). The molecule has 0 aromatic heterocycles. The van der Waals surface area contributed by atoms with Crippen LogP contribution in [0.4, 0.5) is 0 Å². The van der Waals surface area contributed by atoms with Crippen LogP contribution in [-0.2, 0) is 14.3 Å². The zero-order valence-electron chi connectivity index (χ0n) is 15.0. The maximum absolute atomic E-state index is 11.8. The number of unbranched alkanes of at least 4 members (excludes halogenated alkanes) is 5. The molecule has 1 heterocycles. The zero-order chi connectivity index (χ0) is 17.9. The van der Waals surface area contributed by atoms with Gasteiger partial charge in [-0.1, -0.05) is 52.4 Å². The van der Waals surface area contributed by atoms with Crippen molar-refractivity contribution in [3.8, 4) is 0 Å². The smallest absolute Gasteiger partial charge is 0.306 e. The first kappa shape index (κ1) is 21.4. The fraction of sp³-hybridized carbons (Fsp3) is 0.944. The second-order valence-corrected chi connectivity index (χ2v) is 7.12. The van der Waals surface area contributed by atoms with Crippen LogP contribution >= 0.6 is 0 Å². The lowest BCUT2D eigenvalue weighted by atomic mass is 10.0. The molecule has 0 radical (unpaired) electrons. The molecule has 24 heavy (non-hydrogen) atoms. The van der Waals surface area contributed by atoms with Crippen LogP contribution < -0.4 is 0 Å². The van der Waals surface area contributed by atoms with E-state index in [1.165, 1.54) is 25.7 Å². The van der Waals surface area contributed by atoms with Gasteiger partial charge in [0.05, 0.1) is 13.2 Å². The van der Waals surface area contributed by atoms with Crippen molar-refractivity contribution >= 4 is 5.97 Å². The second-order valence-electron chi connectivity index (χ2n) is 7.12. The minimum atomic E-state index is -1.14. The van der Waals surface area contributed by atoms with E-state index in [2.05, 4.69) is 13.8 Å². The summed E-state index contributed by atoms with van der Waals surface area (Å²) in [6, 6.07) is 0. The normalized spacial score (nSPS) is 25.2. The summed E-state index contributed by atoms with van der Waals surface area (Å²) in [7, 11) is 0. The van der Waals surface area contributed by atoms with Crippen molar-refractivity contribution in [2.45, 2.75) is 89.6 Å². The summed E-state index contributed by atoms with van der Waals surface area (Å²) < 4.78 is 10.4. The zero-order valence-corrected chi connectivity index (χ0v) is 15.0. The predicted molar refractivity (Wildman–Crippen MR) is 90.5 cm³/mol. The van der Waals surface area contributed by atoms with Crippen LogP contribution in [0, 0.1) is 5.92 Å². The largest absolute Gasteiger partial charge is 0.457 e. The minimum absolute atomic E-state index is 0.0172. The fourth-order valence-electron chi connectivity index (χ4n) is 2.92. The molecule has 4 atom stereocenters. The average molecular weight is 346 g/mol. The topological polar surface area (TPSA) is 96.2 Å². The van der Waals surface area contributed by atoms with E-state index >= 15 is 0 Å². The lowest BCUT2D eigenvalue weighted by Crippen LogP contribution is -2.43. The SMILES string of the molecule is CC(C)CCCCCCCCC(=O)O[C@H](CO)[C@H]1OC[C@H](O)[C@H]1O. The first-order valence-electron chi connectivity index (χ1n) is 9.23. The maximum atomic E-state index is 11.8. The molecule has 6 heteroatoms. The number of carbonyl (C=O) groups excluding carboxylic acids is 1. The Morgan fingerprint density at radius 2 is 1.75 bits per heavy atom. The molecule has 1 saturated heterocycles. The van der Waals surface area contributed by atoms with Gasteiger partial charge in [-0.25, -0.2) is 0 Å². The van der Waals surface area contributed by atoms with Gasteiger partial charge in [-0.2, -0.15) is 0 Å². The Hall–Kier alpha value is -0.690. The lowest BCUT2D eigenvalue weighted by Gasteiger charge is -2.24. The van der Waals surface area contributed by atoms with Crippen LogP contribution in [0.3, 0.4) is 0 Å². The van der Waals surface area contributed by atoms with Gasteiger partial charge >= 0.3 is 5.97 Å². The summed E-state index contributed by atoms with van der Waals surface area (Å²) in [6.07, 6.45) is 4.22. The van der Waals surface area contributed by atoms with E-state index in [0.717, 1.165) is 25.2 Å². The number of aliphatic hydroxyl groups excluding tert-OH is 3. The van der Waals surface area contributed by atoms with Gasteiger partial charge in [0.25, 0.3) is 0 Å². The third kappa shape index (κ3) is 7.92. The number of hydrogen-bond acceptors (Lipinski definition) is 6. The minimum Gasteiger partial charge on any atom is -0.457 e. The molecule has 0 saturated carbocycles. The number of ether oxygens (including phenoxy) is 2. The highest BCUT2D eigenvalue weighted by Crippen LogP contribution is 2.20. The van der Waals surface area contributed by atoms with Gasteiger partial charge < -0.3 is 24.8 Å². The van der Waals surface area contributed by atoms with Gasteiger partial charge in [-0.05, 0) is 12.3 Å². The van der Waals surface area contributed by atoms with Crippen molar-refractivity contribution in [2.75, 3.05) is 13.2 Å². The molecule has 142 valence electrons. The summed E-state index contributed by atoms with van der Waals surface area (Å²) in [5.41, 5.74) is 0. The van der Waals surface area contributed by atoms with Crippen LogP contribution in [0.2, 0.25) is 0 Å². The Morgan fingerprint density at radius 3 is 2.29 bits per heavy atom. The molecule has 0 spiro atoms. The highest BCUT2D eigenvalue weighted by Gasteiger charge is 2.41. The molecule has 1 fully saturated rings.